The molecule has 2 heterocycles. The Balaban J connectivity index is 2.24. The Morgan fingerprint density at radius 1 is 1.45 bits per heavy atom. The van der Waals surface area contributed by atoms with E-state index in [1.807, 2.05) is 13.0 Å². The second kappa shape index (κ2) is 6.04. The van der Waals surface area contributed by atoms with E-state index >= 15 is 0 Å². The molecule has 0 aliphatic carbocycles. The molecule has 0 saturated carbocycles. The van der Waals surface area contributed by atoms with Crippen molar-refractivity contribution in [2.24, 2.45) is 5.84 Å². The van der Waals surface area contributed by atoms with Crippen molar-refractivity contribution < 1.29 is 4.92 Å². The Kier molecular flexibility index (Phi) is 4.38. The average molecular weight is 314 g/mol. The molecule has 106 valence electrons. The van der Waals surface area contributed by atoms with Crippen molar-refractivity contribution in [2.75, 3.05) is 10.7 Å². The van der Waals surface area contributed by atoms with E-state index in [1.165, 1.54) is 23.5 Å². The molecule has 0 bridgehead atoms. The standard InChI is InChI=1S/C11H12ClN5O2S/c1-6(8-2-3-9(12)20-8)14-10-4-7(17(18)19)5-11(15-10)16-13/h2-6H,13H2,1H3,(H2,14,15,16). The van der Waals surface area contributed by atoms with Gasteiger partial charge in [0, 0.05) is 4.88 Å². The maximum atomic E-state index is 10.8. The molecule has 0 aliphatic heterocycles. The Labute approximate surface area is 123 Å². The summed E-state index contributed by atoms with van der Waals surface area (Å²) in [6.07, 6.45) is 0. The van der Waals surface area contributed by atoms with E-state index in [4.69, 9.17) is 17.4 Å². The van der Waals surface area contributed by atoms with Crippen LogP contribution in [0.15, 0.2) is 24.3 Å². The number of nitrogens with one attached hydrogen (secondary N) is 2. The molecule has 0 saturated heterocycles. The number of nitrogens with two attached hydrogens (primary N) is 1. The van der Waals surface area contributed by atoms with E-state index in [2.05, 4.69) is 15.7 Å². The van der Waals surface area contributed by atoms with Crippen LogP contribution in [0.3, 0.4) is 0 Å². The van der Waals surface area contributed by atoms with Crippen LogP contribution >= 0.6 is 22.9 Å². The van der Waals surface area contributed by atoms with Gasteiger partial charge in [-0.05, 0) is 19.1 Å². The number of hydrogen-bond donors (Lipinski definition) is 3. The van der Waals surface area contributed by atoms with Gasteiger partial charge < -0.3 is 10.7 Å². The predicted molar refractivity (Wildman–Crippen MR) is 80.1 cm³/mol. The third kappa shape index (κ3) is 3.35. The molecule has 1 unspecified atom stereocenters. The van der Waals surface area contributed by atoms with E-state index in [9.17, 15) is 10.1 Å². The SMILES string of the molecule is CC(Nc1cc([N+](=O)[O-])cc(NN)n1)c1ccc(Cl)s1. The third-order valence-corrected chi connectivity index (χ3v) is 3.97. The minimum Gasteiger partial charge on any atom is -0.362 e. The van der Waals surface area contributed by atoms with E-state index in [1.54, 1.807) is 6.07 Å². The van der Waals surface area contributed by atoms with Gasteiger partial charge in [-0.3, -0.25) is 10.1 Å². The lowest BCUT2D eigenvalue weighted by Gasteiger charge is -2.13. The third-order valence-electron chi connectivity index (χ3n) is 2.55. The molecule has 2 aromatic rings. The molecule has 7 nitrogen and oxygen atoms in total. The van der Waals surface area contributed by atoms with Gasteiger partial charge in [0.05, 0.1) is 27.4 Å². The maximum absolute atomic E-state index is 10.8. The minimum atomic E-state index is -0.500. The van der Waals surface area contributed by atoms with Crippen LogP contribution in [0, 0.1) is 10.1 Å². The van der Waals surface area contributed by atoms with Crippen molar-refractivity contribution in [2.45, 2.75) is 13.0 Å². The summed E-state index contributed by atoms with van der Waals surface area (Å²) in [7, 11) is 0. The van der Waals surface area contributed by atoms with Crippen molar-refractivity contribution in [3.63, 3.8) is 0 Å². The van der Waals surface area contributed by atoms with Gasteiger partial charge in [0.15, 0.2) is 0 Å². The van der Waals surface area contributed by atoms with Crippen molar-refractivity contribution in [3.8, 4) is 0 Å². The molecular weight excluding hydrogens is 302 g/mol. The normalized spacial score (nSPS) is 11.9. The summed E-state index contributed by atoms with van der Waals surface area (Å²) in [5, 5.41) is 13.9. The van der Waals surface area contributed by atoms with Gasteiger partial charge in [-0.1, -0.05) is 11.6 Å². The lowest BCUT2D eigenvalue weighted by molar-refractivity contribution is -0.384. The van der Waals surface area contributed by atoms with Crippen LogP contribution < -0.4 is 16.6 Å². The smallest absolute Gasteiger partial charge is 0.276 e. The first-order valence-corrected chi connectivity index (χ1v) is 6.84. The minimum absolute atomic E-state index is 0.0763. The number of hydrazine groups is 1. The van der Waals surface area contributed by atoms with Gasteiger partial charge in [0.1, 0.15) is 11.6 Å². The highest BCUT2D eigenvalue weighted by Gasteiger charge is 2.14. The monoisotopic (exact) mass is 313 g/mol. The van der Waals surface area contributed by atoms with Gasteiger partial charge >= 0.3 is 0 Å². The summed E-state index contributed by atoms with van der Waals surface area (Å²) in [6, 6.07) is 6.23. The molecule has 20 heavy (non-hydrogen) atoms. The molecular formula is C11H12ClN5O2S. The van der Waals surface area contributed by atoms with E-state index < -0.39 is 4.92 Å². The number of hydrogen-bond acceptors (Lipinski definition) is 7. The van der Waals surface area contributed by atoms with Crippen LogP contribution in [-0.4, -0.2) is 9.91 Å². The number of pyridine rings is 1. The van der Waals surface area contributed by atoms with Gasteiger partial charge in [-0.2, -0.15) is 0 Å². The molecule has 4 N–H and O–H groups in total. The maximum Gasteiger partial charge on any atom is 0.276 e. The fraction of sp³-hybridized carbons (Fsp3) is 0.182. The summed E-state index contributed by atoms with van der Waals surface area (Å²) < 4.78 is 0.685. The fourth-order valence-electron chi connectivity index (χ4n) is 1.62. The quantitative estimate of drug-likeness (QED) is 0.445. The van der Waals surface area contributed by atoms with E-state index in [-0.39, 0.29) is 17.5 Å². The number of nitrogen functional groups attached to an aromatic ring is 1. The van der Waals surface area contributed by atoms with Crippen LogP contribution in [0.1, 0.15) is 17.8 Å². The summed E-state index contributed by atoms with van der Waals surface area (Å²) in [6.45, 7) is 1.91. The van der Waals surface area contributed by atoms with Crippen LogP contribution in [0.4, 0.5) is 17.3 Å². The first-order valence-electron chi connectivity index (χ1n) is 5.64. The lowest BCUT2D eigenvalue weighted by Crippen LogP contribution is -2.12. The molecule has 9 heteroatoms. The Hall–Kier alpha value is -1.90. The summed E-state index contributed by atoms with van der Waals surface area (Å²) in [5.41, 5.74) is 2.21. The van der Waals surface area contributed by atoms with Crippen molar-refractivity contribution in [1.82, 2.24) is 4.98 Å². The molecule has 0 spiro atoms. The van der Waals surface area contributed by atoms with E-state index in [0.717, 1.165) is 4.88 Å². The van der Waals surface area contributed by atoms with Crippen molar-refractivity contribution >= 4 is 40.3 Å². The Morgan fingerprint density at radius 2 is 2.15 bits per heavy atom. The zero-order valence-electron chi connectivity index (χ0n) is 10.5. The number of thiophene rings is 1. The van der Waals surface area contributed by atoms with Crippen molar-refractivity contribution in [1.29, 1.82) is 0 Å². The summed E-state index contributed by atoms with van der Waals surface area (Å²) >= 11 is 7.32. The molecule has 2 aromatic heterocycles. The first kappa shape index (κ1) is 14.5. The number of nitrogens with zero attached hydrogens (tertiary/aromatic N) is 2. The first-order chi connectivity index (χ1) is 9.49. The average Bonchev–Trinajstić information content (AvgIpc) is 2.85. The lowest BCUT2D eigenvalue weighted by atomic mass is 10.2. The highest BCUT2D eigenvalue weighted by atomic mass is 35.5. The highest BCUT2D eigenvalue weighted by Crippen LogP contribution is 2.29. The van der Waals surface area contributed by atoms with Crippen LogP contribution in [-0.2, 0) is 0 Å². The molecule has 0 aliphatic rings. The number of nitro groups is 1. The molecule has 2 rings (SSSR count). The van der Waals surface area contributed by atoms with Crippen LogP contribution in [0.2, 0.25) is 4.34 Å². The molecule has 0 radical (unpaired) electrons. The van der Waals surface area contributed by atoms with E-state index in [0.29, 0.717) is 10.2 Å². The largest absolute Gasteiger partial charge is 0.362 e. The zero-order valence-corrected chi connectivity index (χ0v) is 12.0. The number of anilines is 2. The number of halogens is 1. The number of aromatic nitrogens is 1. The topological polar surface area (TPSA) is 106 Å². The fourth-order valence-corrected chi connectivity index (χ4v) is 2.69. The summed E-state index contributed by atoms with van der Waals surface area (Å²) in [5.74, 6) is 5.84. The van der Waals surface area contributed by atoms with Crippen molar-refractivity contribution in [3.05, 3.63) is 43.6 Å². The number of rotatable bonds is 5. The summed E-state index contributed by atoms with van der Waals surface area (Å²) in [4.78, 5) is 15.5. The molecule has 1 atom stereocenters. The molecule has 0 aromatic carbocycles. The zero-order chi connectivity index (χ0) is 14.7. The predicted octanol–water partition coefficient (Wildman–Crippen LogP) is 3.16. The molecule has 0 fully saturated rings. The van der Waals surface area contributed by atoms with Gasteiger partial charge in [-0.15, -0.1) is 11.3 Å². The van der Waals surface area contributed by atoms with Crippen LogP contribution in [0.5, 0.6) is 0 Å². The second-order valence-corrected chi connectivity index (χ2v) is 5.75. The highest BCUT2D eigenvalue weighted by molar-refractivity contribution is 7.16. The Bertz CT molecular complexity index is 633. The van der Waals surface area contributed by atoms with Gasteiger partial charge in [0.2, 0.25) is 0 Å². The van der Waals surface area contributed by atoms with Gasteiger partial charge in [-0.25, -0.2) is 10.8 Å². The van der Waals surface area contributed by atoms with Crippen LogP contribution in [0.25, 0.3) is 0 Å². The van der Waals surface area contributed by atoms with Gasteiger partial charge in [0.25, 0.3) is 5.69 Å². The Morgan fingerprint density at radius 3 is 2.70 bits per heavy atom. The molecule has 0 amide bonds. The second-order valence-electron chi connectivity index (χ2n) is 4.01.